The molecular weight excluding hydrogens is 210 g/mol. The van der Waals surface area contributed by atoms with Gasteiger partial charge in [-0.25, -0.2) is 4.79 Å². The fourth-order valence-corrected chi connectivity index (χ4v) is 1.63. The number of methoxy groups -OCH3 is 1. The molecule has 0 N–H and O–H groups in total. The summed E-state index contributed by atoms with van der Waals surface area (Å²) in [5.74, 6) is -0.379. The van der Waals surface area contributed by atoms with Crippen LogP contribution in [-0.2, 0) is 19.1 Å². The molecule has 0 bridgehead atoms. The van der Waals surface area contributed by atoms with Crippen LogP contribution in [0.25, 0.3) is 0 Å². The minimum absolute atomic E-state index is 0.356. The maximum Gasteiger partial charge on any atom is 0.356 e. The third kappa shape index (κ3) is 2.95. The van der Waals surface area contributed by atoms with Gasteiger partial charge in [0.25, 0.3) is 0 Å². The van der Waals surface area contributed by atoms with Crippen LogP contribution in [0, 0.1) is 0 Å². The van der Waals surface area contributed by atoms with Crippen molar-refractivity contribution in [2.75, 3.05) is 20.3 Å². The van der Waals surface area contributed by atoms with Gasteiger partial charge in [-0.2, -0.15) is 0 Å². The zero-order valence-corrected chi connectivity index (χ0v) is 10.1. The first kappa shape index (κ1) is 13.0. The molecule has 0 aromatic heterocycles. The fourth-order valence-electron chi connectivity index (χ4n) is 1.63. The second-order valence-corrected chi connectivity index (χ2v) is 3.81. The van der Waals surface area contributed by atoms with E-state index in [1.165, 1.54) is 0 Å². The number of esters is 1. The molecule has 0 aromatic rings. The van der Waals surface area contributed by atoms with Crippen molar-refractivity contribution < 1.29 is 19.1 Å². The predicted octanol–water partition coefficient (Wildman–Crippen LogP) is 1.51. The Morgan fingerprint density at radius 3 is 2.88 bits per heavy atom. The molecule has 1 heterocycles. The third-order valence-corrected chi connectivity index (χ3v) is 2.76. The number of oxime groups is 1. The summed E-state index contributed by atoms with van der Waals surface area (Å²) in [5.41, 5.74) is -0.0160. The molecule has 1 atom stereocenters. The fraction of sp³-hybridized carbons (Fsp3) is 0.818. The lowest BCUT2D eigenvalue weighted by molar-refractivity contribution is -0.135. The zero-order valence-electron chi connectivity index (χ0n) is 10.1. The summed E-state index contributed by atoms with van der Waals surface area (Å²) in [6.07, 6.45) is 2.03. The van der Waals surface area contributed by atoms with Crippen LogP contribution in [0.4, 0.5) is 0 Å². The van der Waals surface area contributed by atoms with E-state index in [0.717, 1.165) is 12.8 Å². The lowest BCUT2D eigenvalue weighted by Gasteiger charge is -2.24. The van der Waals surface area contributed by atoms with E-state index in [2.05, 4.69) is 5.16 Å². The largest absolute Gasteiger partial charge is 0.461 e. The van der Waals surface area contributed by atoms with Gasteiger partial charge in [0.1, 0.15) is 5.60 Å². The molecule has 1 aliphatic rings. The first-order chi connectivity index (χ1) is 7.67. The van der Waals surface area contributed by atoms with Crippen LogP contribution in [-0.4, -0.2) is 37.6 Å². The second-order valence-electron chi connectivity index (χ2n) is 3.81. The summed E-state index contributed by atoms with van der Waals surface area (Å²) < 4.78 is 9.91. The summed E-state index contributed by atoms with van der Waals surface area (Å²) in [6, 6.07) is 0. The van der Waals surface area contributed by atoms with Crippen LogP contribution in [0.2, 0.25) is 0 Å². The number of rotatable bonds is 6. The predicted molar refractivity (Wildman–Crippen MR) is 59.3 cm³/mol. The van der Waals surface area contributed by atoms with Crippen LogP contribution in [0.15, 0.2) is 5.16 Å². The van der Waals surface area contributed by atoms with Gasteiger partial charge < -0.3 is 14.3 Å². The Balaban J connectivity index is 2.54. The molecule has 0 fully saturated rings. The minimum Gasteiger partial charge on any atom is -0.461 e. The van der Waals surface area contributed by atoms with E-state index in [9.17, 15) is 4.79 Å². The van der Waals surface area contributed by atoms with Gasteiger partial charge in [0.05, 0.1) is 13.2 Å². The summed E-state index contributed by atoms with van der Waals surface area (Å²) in [7, 11) is 1.64. The molecule has 0 aliphatic carbocycles. The average Bonchev–Trinajstić information content (AvgIpc) is 2.72. The van der Waals surface area contributed by atoms with Crippen molar-refractivity contribution in [3.05, 3.63) is 0 Å². The molecule has 0 aromatic carbocycles. The lowest BCUT2D eigenvalue weighted by Crippen LogP contribution is -2.31. The Labute approximate surface area is 95.7 Å². The van der Waals surface area contributed by atoms with Crippen molar-refractivity contribution in [2.45, 2.75) is 38.7 Å². The normalized spacial score (nSPS) is 23.8. The third-order valence-electron chi connectivity index (χ3n) is 2.76. The second kappa shape index (κ2) is 5.84. The maximum absolute atomic E-state index is 11.5. The molecule has 5 heteroatoms. The monoisotopic (exact) mass is 229 g/mol. The number of carbonyl (C=O) groups is 1. The van der Waals surface area contributed by atoms with Crippen molar-refractivity contribution in [3.8, 4) is 0 Å². The highest BCUT2D eigenvalue weighted by Crippen LogP contribution is 2.31. The van der Waals surface area contributed by atoms with Crippen LogP contribution in [0.3, 0.4) is 0 Å². The maximum atomic E-state index is 11.5. The highest BCUT2D eigenvalue weighted by atomic mass is 16.7. The average molecular weight is 229 g/mol. The molecule has 1 rings (SSSR count). The van der Waals surface area contributed by atoms with Crippen molar-refractivity contribution in [1.29, 1.82) is 0 Å². The summed E-state index contributed by atoms with van der Waals surface area (Å²) in [6.45, 7) is 4.74. The van der Waals surface area contributed by atoms with E-state index in [4.69, 9.17) is 14.3 Å². The van der Waals surface area contributed by atoms with Gasteiger partial charge >= 0.3 is 5.97 Å². The van der Waals surface area contributed by atoms with Crippen LogP contribution >= 0.6 is 0 Å². The van der Waals surface area contributed by atoms with Gasteiger partial charge in [0.2, 0.25) is 0 Å². The Morgan fingerprint density at radius 1 is 1.56 bits per heavy atom. The highest BCUT2D eigenvalue weighted by Gasteiger charge is 2.40. The molecule has 0 amide bonds. The molecule has 92 valence electrons. The number of carbonyl (C=O) groups excluding carboxylic acids is 1. The Hall–Kier alpha value is -1.10. The lowest BCUT2D eigenvalue weighted by atomic mass is 9.91. The van der Waals surface area contributed by atoms with Crippen LogP contribution in [0.1, 0.15) is 33.1 Å². The van der Waals surface area contributed by atoms with Gasteiger partial charge in [-0.15, -0.1) is 0 Å². The first-order valence-corrected chi connectivity index (χ1v) is 5.58. The van der Waals surface area contributed by atoms with Crippen molar-refractivity contribution in [1.82, 2.24) is 0 Å². The summed E-state index contributed by atoms with van der Waals surface area (Å²) in [4.78, 5) is 16.8. The Kier molecular flexibility index (Phi) is 4.73. The van der Waals surface area contributed by atoms with Crippen molar-refractivity contribution in [2.24, 2.45) is 5.16 Å². The van der Waals surface area contributed by atoms with Gasteiger partial charge in [0, 0.05) is 20.0 Å². The molecule has 0 spiro atoms. The van der Waals surface area contributed by atoms with Gasteiger partial charge in [-0.05, 0) is 13.3 Å². The molecule has 1 unspecified atom stereocenters. The van der Waals surface area contributed by atoms with Crippen molar-refractivity contribution >= 4 is 11.7 Å². The van der Waals surface area contributed by atoms with E-state index >= 15 is 0 Å². The smallest absolute Gasteiger partial charge is 0.356 e. The Bertz CT molecular complexity index is 277. The first-order valence-electron chi connectivity index (χ1n) is 5.58. The zero-order chi connectivity index (χ0) is 12.0. The molecular formula is C11H19NO4. The van der Waals surface area contributed by atoms with Crippen molar-refractivity contribution in [3.63, 3.8) is 0 Å². The minimum atomic E-state index is -0.391. The molecule has 1 aliphatic heterocycles. The molecule has 0 radical (unpaired) electrons. The Morgan fingerprint density at radius 2 is 2.31 bits per heavy atom. The number of ether oxygens (including phenoxy) is 2. The van der Waals surface area contributed by atoms with Gasteiger partial charge in [-0.1, -0.05) is 12.1 Å². The molecule has 0 saturated heterocycles. The topological polar surface area (TPSA) is 57.1 Å². The quantitative estimate of drug-likeness (QED) is 0.648. The highest BCUT2D eigenvalue weighted by molar-refractivity contribution is 6.36. The summed E-state index contributed by atoms with van der Waals surface area (Å²) in [5, 5.41) is 3.82. The molecule has 5 nitrogen and oxygen atoms in total. The number of nitrogens with zero attached hydrogens (tertiary/aromatic N) is 1. The van der Waals surface area contributed by atoms with Gasteiger partial charge in [-0.3, -0.25) is 0 Å². The SMILES string of the molecule is CCOC(=O)C1=NOC(CC)(CCOC)C1. The van der Waals surface area contributed by atoms with E-state index in [-0.39, 0.29) is 5.97 Å². The van der Waals surface area contributed by atoms with Gasteiger partial charge in [0.15, 0.2) is 5.71 Å². The van der Waals surface area contributed by atoms with E-state index < -0.39 is 5.60 Å². The summed E-state index contributed by atoms with van der Waals surface area (Å²) >= 11 is 0. The van der Waals surface area contributed by atoms with E-state index in [0.29, 0.717) is 25.3 Å². The molecule has 0 saturated carbocycles. The number of hydrogen-bond acceptors (Lipinski definition) is 5. The van der Waals surface area contributed by atoms with Crippen LogP contribution in [0.5, 0.6) is 0 Å². The molecule has 16 heavy (non-hydrogen) atoms. The van der Waals surface area contributed by atoms with Crippen LogP contribution < -0.4 is 0 Å². The number of hydrogen-bond donors (Lipinski definition) is 0. The standard InChI is InChI=1S/C11H19NO4/c1-4-11(6-7-14-3)8-9(12-16-11)10(13)15-5-2/h4-8H2,1-3H3. The van der Waals surface area contributed by atoms with E-state index in [1.54, 1.807) is 14.0 Å². The van der Waals surface area contributed by atoms with E-state index in [1.807, 2.05) is 6.92 Å².